The lowest BCUT2D eigenvalue weighted by atomic mass is 9.89. The van der Waals surface area contributed by atoms with E-state index < -0.39 is 5.60 Å². The molecule has 0 N–H and O–H groups in total. The highest BCUT2D eigenvalue weighted by molar-refractivity contribution is 5.69. The van der Waals surface area contributed by atoms with Gasteiger partial charge in [0.05, 0.1) is 25.7 Å². The second-order valence-electron chi connectivity index (χ2n) is 7.63. The number of likely N-dealkylation sites (N-methyl/N-ethyl adjacent to an activating group) is 1. The first-order valence-electron chi connectivity index (χ1n) is 8.18. The smallest absolute Gasteiger partial charge is 0.410 e. The SMILES string of the molecule is CN(c1ccccc1)C1COC2(C1)CN(C(=O)OC(C)(C)C)C2. The zero-order valence-electron chi connectivity index (χ0n) is 14.4. The molecule has 5 nitrogen and oxygen atoms in total. The Hall–Kier alpha value is -1.75. The van der Waals surface area contributed by atoms with E-state index >= 15 is 0 Å². The van der Waals surface area contributed by atoms with Crippen LogP contribution in [-0.2, 0) is 9.47 Å². The van der Waals surface area contributed by atoms with E-state index in [1.165, 1.54) is 5.69 Å². The van der Waals surface area contributed by atoms with E-state index in [2.05, 4.69) is 24.1 Å². The van der Waals surface area contributed by atoms with E-state index in [1.807, 2.05) is 39.0 Å². The summed E-state index contributed by atoms with van der Waals surface area (Å²) in [6, 6.07) is 10.7. The van der Waals surface area contributed by atoms with Gasteiger partial charge in [-0.1, -0.05) is 18.2 Å². The minimum atomic E-state index is -0.452. The van der Waals surface area contributed by atoms with E-state index in [1.54, 1.807) is 4.90 Å². The van der Waals surface area contributed by atoms with Gasteiger partial charge in [-0.25, -0.2) is 4.79 Å². The van der Waals surface area contributed by atoms with Crippen LogP contribution in [0.3, 0.4) is 0 Å². The van der Waals surface area contributed by atoms with Crippen LogP contribution in [0.5, 0.6) is 0 Å². The predicted molar refractivity (Wildman–Crippen MR) is 89.7 cm³/mol. The van der Waals surface area contributed by atoms with Gasteiger partial charge in [0.1, 0.15) is 11.2 Å². The number of carbonyl (C=O) groups is 1. The number of para-hydroxylation sites is 1. The topological polar surface area (TPSA) is 42.0 Å². The van der Waals surface area contributed by atoms with Crippen molar-refractivity contribution in [1.82, 2.24) is 4.90 Å². The summed E-state index contributed by atoms with van der Waals surface area (Å²) < 4.78 is 11.5. The van der Waals surface area contributed by atoms with Gasteiger partial charge in [0.25, 0.3) is 0 Å². The van der Waals surface area contributed by atoms with Crippen LogP contribution in [0.25, 0.3) is 0 Å². The van der Waals surface area contributed by atoms with Crippen LogP contribution in [-0.4, -0.2) is 55.0 Å². The molecule has 1 atom stereocenters. The molecule has 23 heavy (non-hydrogen) atoms. The first kappa shape index (κ1) is 16.1. The first-order chi connectivity index (χ1) is 10.8. The van der Waals surface area contributed by atoms with Gasteiger partial charge in [-0.2, -0.15) is 0 Å². The molecule has 3 rings (SSSR count). The molecule has 0 saturated carbocycles. The van der Waals surface area contributed by atoms with Gasteiger partial charge in [-0.15, -0.1) is 0 Å². The number of nitrogens with zero attached hydrogens (tertiary/aromatic N) is 2. The number of amides is 1. The molecule has 0 bridgehead atoms. The van der Waals surface area contributed by atoms with Crippen LogP contribution >= 0.6 is 0 Å². The molecule has 0 aromatic heterocycles. The maximum Gasteiger partial charge on any atom is 0.410 e. The van der Waals surface area contributed by atoms with Gasteiger partial charge in [0.15, 0.2) is 0 Å². The summed E-state index contributed by atoms with van der Waals surface area (Å²) in [5, 5.41) is 0. The highest BCUT2D eigenvalue weighted by Crippen LogP contribution is 2.38. The average molecular weight is 318 g/mol. The molecule has 2 heterocycles. The number of anilines is 1. The van der Waals surface area contributed by atoms with Crippen molar-refractivity contribution in [3.8, 4) is 0 Å². The summed E-state index contributed by atoms with van der Waals surface area (Å²) in [6.07, 6.45) is 0.698. The molecule has 2 aliphatic rings. The minimum absolute atomic E-state index is 0.190. The monoisotopic (exact) mass is 318 g/mol. The van der Waals surface area contributed by atoms with Gasteiger partial charge >= 0.3 is 6.09 Å². The Morgan fingerprint density at radius 2 is 1.96 bits per heavy atom. The lowest BCUT2D eigenvalue weighted by molar-refractivity contribution is -0.109. The molecule has 0 aliphatic carbocycles. The van der Waals surface area contributed by atoms with E-state index in [9.17, 15) is 4.79 Å². The van der Waals surface area contributed by atoms with Crippen LogP contribution in [0, 0.1) is 0 Å². The van der Waals surface area contributed by atoms with Crippen LogP contribution in [0.4, 0.5) is 10.5 Å². The number of benzene rings is 1. The first-order valence-corrected chi connectivity index (χ1v) is 8.18. The standard InChI is InChI=1S/C18H26N2O3/c1-17(2,3)23-16(21)20-12-18(13-20)10-15(11-22-18)19(4)14-8-6-5-7-9-14/h5-9,15H,10-13H2,1-4H3. The molecule has 1 unspecified atom stereocenters. The lowest BCUT2D eigenvalue weighted by Gasteiger charge is -2.47. The Kier molecular flexibility index (Phi) is 4.00. The third-order valence-electron chi connectivity index (χ3n) is 4.51. The second kappa shape index (κ2) is 5.71. The summed E-state index contributed by atoms with van der Waals surface area (Å²) in [7, 11) is 2.10. The molecule has 2 fully saturated rings. The second-order valence-corrected chi connectivity index (χ2v) is 7.63. The number of carbonyl (C=O) groups excluding carboxylic acids is 1. The Morgan fingerprint density at radius 3 is 2.57 bits per heavy atom. The molecular weight excluding hydrogens is 292 g/mol. The number of rotatable bonds is 2. The number of ether oxygens (including phenoxy) is 2. The van der Waals surface area contributed by atoms with Crippen molar-refractivity contribution in [2.75, 3.05) is 31.6 Å². The molecular formula is C18H26N2O3. The Balaban J connectivity index is 1.54. The maximum atomic E-state index is 12.1. The van der Waals surface area contributed by atoms with Gasteiger partial charge in [0, 0.05) is 19.2 Å². The number of likely N-dealkylation sites (tertiary alicyclic amines) is 1. The summed E-state index contributed by atoms with van der Waals surface area (Å²) in [4.78, 5) is 16.1. The predicted octanol–water partition coefficient (Wildman–Crippen LogP) is 2.90. The molecule has 1 aromatic rings. The quantitative estimate of drug-likeness (QED) is 0.841. The third kappa shape index (κ3) is 3.44. The van der Waals surface area contributed by atoms with Crippen molar-refractivity contribution in [3.63, 3.8) is 0 Å². The van der Waals surface area contributed by atoms with Crippen molar-refractivity contribution < 1.29 is 14.3 Å². The molecule has 1 amide bonds. The summed E-state index contributed by atoms with van der Waals surface area (Å²) in [6.45, 7) is 7.61. The fourth-order valence-corrected chi connectivity index (χ4v) is 3.27. The molecule has 1 spiro atoms. The molecule has 0 radical (unpaired) electrons. The van der Waals surface area contributed by atoms with Crippen molar-refractivity contribution in [2.45, 2.75) is 44.4 Å². The summed E-state index contributed by atoms with van der Waals surface area (Å²) in [5.41, 5.74) is 0.554. The average Bonchev–Trinajstić information content (AvgIpc) is 2.89. The molecule has 5 heteroatoms. The van der Waals surface area contributed by atoms with Crippen LogP contribution in [0.15, 0.2) is 30.3 Å². The summed E-state index contributed by atoms with van der Waals surface area (Å²) >= 11 is 0. The number of hydrogen-bond donors (Lipinski definition) is 0. The zero-order valence-corrected chi connectivity index (χ0v) is 14.4. The van der Waals surface area contributed by atoms with Crippen molar-refractivity contribution in [1.29, 1.82) is 0 Å². The number of hydrogen-bond acceptors (Lipinski definition) is 4. The molecule has 126 valence electrons. The van der Waals surface area contributed by atoms with Gasteiger partial charge in [0.2, 0.25) is 0 Å². The van der Waals surface area contributed by atoms with Crippen molar-refractivity contribution >= 4 is 11.8 Å². The van der Waals surface area contributed by atoms with Crippen molar-refractivity contribution in [2.24, 2.45) is 0 Å². The van der Waals surface area contributed by atoms with Crippen LogP contribution in [0.1, 0.15) is 27.2 Å². The van der Waals surface area contributed by atoms with E-state index in [-0.39, 0.29) is 11.7 Å². The normalized spacial score (nSPS) is 22.8. The van der Waals surface area contributed by atoms with Gasteiger partial charge < -0.3 is 19.3 Å². The Morgan fingerprint density at radius 1 is 1.30 bits per heavy atom. The third-order valence-corrected chi connectivity index (χ3v) is 4.51. The van der Waals surface area contributed by atoms with Gasteiger partial charge in [-0.05, 0) is 32.9 Å². The fraction of sp³-hybridized carbons (Fsp3) is 0.611. The maximum absolute atomic E-state index is 12.1. The van der Waals surface area contributed by atoms with E-state index in [0.29, 0.717) is 25.7 Å². The van der Waals surface area contributed by atoms with E-state index in [4.69, 9.17) is 9.47 Å². The molecule has 1 aromatic carbocycles. The Bertz CT molecular complexity index is 561. The van der Waals surface area contributed by atoms with Crippen LogP contribution in [0.2, 0.25) is 0 Å². The van der Waals surface area contributed by atoms with E-state index in [0.717, 1.165) is 6.42 Å². The largest absolute Gasteiger partial charge is 0.444 e. The molecule has 2 saturated heterocycles. The van der Waals surface area contributed by atoms with Crippen molar-refractivity contribution in [3.05, 3.63) is 30.3 Å². The highest BCUT2D eigenvalue weighted by atomic mass is 16.6. The molecule has 2 aliphatic heterocycles. The zero-order chi connectivity index (χ0) is 16.7. The van der Waals surface area contributed by atoms with Crippen LogP contribution < -0.4 is 4.90 Å². The Labute approximate surface area is 138 Å². The fourth-order valence-electron chi connectivity index (χ4n) is 3.27. The summed E-state index contributed by atoms with van der Waals surface area (Å²) in [5.74, 6) is 0. The minimum Gasteiger partial charge on any atom is -0.444 e. The lowest BCUT2D eigenvalue weighted by Crippen LogP contribution is -2.64. The van der Waals surface area contributed by atoms with Gasteiger partial charge in [-0.3, -0.25) is 0 Å². The highest BCUT2D eigenvalue weighted by Gasteiger charge is 2.52.